The molecule has 1 aliphatic heterocycles. The fourth-order valence-electron chi connectivity index (χ4n) is 5.40. The number of hydrogen-bond acceptors (Lipinski definition) is 6. The van der Waals surface area contributed by atoms with Gasteiger partial charge in [0.25, 0.3) is 0 Å². The summed E-state index contributed by atoms with van der Waals surface area (Å²) in [6.07, 6.45) is 7.12. The minimum absolute atomic E-state index is 0.0734. The number of carboxylic acids is 1. The molecular weight excluding hydrogens is 472 g/mol. The Bertz CT molecular complexity index is 947. The number of carbonyl (C=O) groups excluding carboxylic acids is 1. The monoisotopic (exact) mass is 520 g/mol. The highest BCUT2D eigenvalue weighted by atomic mass is 16.6. The Balaban J connectivity index is 1.78. The molecule has 1 saturated carbocycles. The number of hydrogen-bond donors (Lipinski definition) is 1. The van der Waals surface area contributed by atoms with Gasteiger partial charge in [-0.2, -0.15) is 5.10 Å². The second-order valence-electron chi connectivity index (χ2n) is 12.9. The van der Waals surface area contributed by atoms with Crippen molar-refractivity contribution < 1.29 is 24.2 Å². The van der Waals surface area contributed by atoms with Gasteiger partial charge in [0.2, 0.25) is 0 Å². The Kier molecular flexibility index (Phi) is 9.00. The van der Waals surface area contributed by atoms with E-state index in [9.17, 15) is 14.7 Å². The second kappa shape index (κ2) is 11.3. The predicted molar refractivity (Wildman–Crippen MR) is 142 cm³/mol. The van der Waals surface area contributed by atoms with Gasteiger partial charge in [0.05, 0.1) is 11.1 Å². The zero-order valence-corrected chi connectivity index (χ0v) is 24.2. The van der Waals surface area contributed by atoms with Crippen LogP contribution in [0.25, 0.3) is 0 Å². The van der Waals surface area contributed by atoms with Crippen molar-refractivity contribution in [2.75, 3.05) is 33.8 Å². The number of aliphatic carboxylic acids is 1. The smallest absolute Gasteiger partial charge is 0.410 e. The number of carbonyl (C=O) groups is 2. The second-order valence-corrected chi connectivity index (χ2v) is 12.9. The van der Waals surface area contributed by atoms with Crippen LogP contribution in [0.1, 0.15) is 103 Å². The summed E-state index contributed by atoms with van der Waals surface area (Å²) in [7, 11) is 3.79. The SMILES string of the molecule is CN(CCN(C)C(=O)OC(C)(C)C)Cc1cn(C2CCCCO2)nc1C1CCC(C)(C)[C@@](C)(C(=O)O)C1. The lowest BCUT2D eigenvalue weighted by Gasteiger charge is -2.47. The van der Waals surface area contributed by atoms with Crippen molar-refractivity contribution in [1.29, 1.82) is 0 Å². The highest BCUT2D eigenvalue weighted by Gasteiger charge is 2.52. The van der Waals surface area contributed by atoms with Crippen LogP contribution in [-0.2, 0) is 20.8 Å². The van der Waals surface area contributed by atoms with Crippen LogP contribution in [-0.4, -0.2) is 76.1 Å². The largest absolute Gasteiger partial charge is 0.481 e. The van der Waals surface area contributed by atoms with Crippen molar-refractivity contribution in [1.82, 2.24) is 19.6 Å². The number of rotatable bonds is 8. The lowest BCUT2D eigenvalue weighted by atomic mass is 9.55. The summed E-state index contributed by atoms with van der Waals surface area (Å²) in [6, 6.07) is 0. The third-order valence-corrected chi connectivity index (χ3v) is 8.38. The van der Waals surface area contributed by atoms with Gasteiger partial charge in [0.15, 0.2) is 0 Å². The van der Waals surface area contributed by atoms with E-state index in [1.165, 1.54) is 0 Å². The Hall–Kier alpha value is -2.13. The van der Waals surface area contributed by atoms with Gasteiger partial charge in [-0.25, -0.2) is 9.48 Å². The molecule has 1 aliphatic carbocycles. The molecule has 3 atom stereocenters. The average molecular weight is 521 g/mol. The average Bonchev–Trinajstić information content (AvgIpc) is 3.22. The summed E-state index contributed by atoms with van der Waals surface area (Å²) < 4.78 is 13.4. The Labute approximate surface area is 222 Å². The van der Waals surface area contributed by atoms with Crippen LogP contribution in [0.5, 0.6) is 0 Å². The first-order chi connectivity index (χ1) is 17.1. The van der Waals surface area contributed by atoms with Crippen LogP contribution in [0, 0.1) is 10.8 Å². The normalized spacial score (nSPS) is 26.2. The van der Waals surface area contributed by atoms with E-state index in [0.717, 1.165) is 50.0 Å². The van der Waals surface area contributed by atoms with Gasteiger partial charge < -0.3 is 24.4 Å². The number of ether oxygens (including phenoxy) is 2. The van der Waals surface area contributed by atoms with E-state index in [0.29, 0.717) is 26.1 Å². The van der Waals surface area contributed by atoms with Crippen molar-refractivity contribution in [3.05, 3.63) is 17.5 Å². The molecule has 9 heteroatoms. The molecule has 210 valence electrons. The molecule has 1 aromatic heterocycles. The number of nitrogens with zero attached hydrogens (tertiary/aromatic N) is 4. The van der Waals surface area contributed by atoms with Gasteiger partial charge in [0, 0.05) is 51.0 Å². The van der Waals surface area contributed by atoms with E-state index >= 15 is 0 Å². The van der Waals surface area contributed by atoms with Crippen LogP contribution < -0.4 is 0 Å². The minimum atomic E-state index is -0.819. The quantitative estimate of drug-likeness (QED) is 0.499. The summed E-state index contributed by atoms with van der Waals surface area (Å²) >= 11 is 0. The summed E-state index contributed by atoms with van der Waals surface area (Å²) in [5, 5.41) is 15.2. The molecule has 2 unspecified atom stereocenters. The standard InChI is InChI=1S/C28H48N4O5/c1-26(2,3)37-25(35)31(8)15-14-30(7)18-21-19-32(22-11-9-10-16-36-22)29-23(21)20-12-13-27(4,5)28(6,17-20)24(33)34/h19-20,22H,9-18H2,1-8H3,(H,33,34)/t20?,22?,28-/m1/s1. The zero-order valence-electron chi connectivity index (χ0n) is 24.2. The Morgan fingerprint density at radius 1 is 1.19 bits per heavy atom. The third-order valence-electron chi connectivity index (χ3n) is 8.38. The molecule has 1 N–H and O–H groups in total. The van der Waals surface area contributed by atoms with Crippen molar-refractivity contribution in [3.8, 4) is 0 Å². The van der Waals surface area contributed by atoms with E-state index in [2.05, 4.69) is 24.9 Å². The van der Waals surface area contributed by atoms with Gasteiger partial charge in [-0.05, 0) is 78.7 Å². The molecule has 1 aromatic rings. The van der Waals surface area contributed by atoms with Gasteiger partial charge in [-0.15, -0.1) is 0 Å². The van der Waals surface area contributed by atoms with E-state index < -0.39 is 17.0 Å². The summed E-state index contributed by atoms with van der Waals surface area (Å²) in [5.74, 6) is -0.659. The molecule has 2 aliphatic rings. The molecule has 0 aromatic carbocycles. The Morgan fingerprint density at radius 3 is 2.49 bits per heavy atom. The van der Waals surface area contributed by atoms with Gasteiger partial charge in [0.1, 0.15) is 11.8 Å². The summed E-state index contributed by atoms with van der Waals surface area (Å²) in [5.41, 5.74) is 0.466. The van der Waals surface area contributed by atoms with Crippen LogP contribution in [0.4, 0.5) is 4.79 Å². The first-order valence-corrected chi connectivity index (χ1v) is 13.7. The number of amides is 1. The molecule has 0 radical (unpaired) electrons. The highest BCUT2D eigenvalue weighted by Crippen LogP contribution is 2.55. The van der Waals surface area contributed by atoms with E-state index in [4.69, 9.17) is 14.6 Å². The van der Waals surface area contributed by atoms with Gasteiger partial charge >= 0.3 is 12.1 Å². The lowest BCUT2D eigenvalue weighted by molar-refractivity contribution is -0.159. The van der Waals surface area contributed by atoms with Crippen molar-refractivity contribution in [2.45, 2.75) is 104 Å². The molecule has 2 heterocycles. The fraction of sp³-hybridized carbons (Fsp3) is 0.821. The lowest BCUT2D eigenvalue weighted by Crippen LogP contribution is -2.46. The first kappa shape index (κ1) is 29.4. The van der Waals surface area contributed by atoms with Crippen LogP contribution >= 0.6 is 0 Å². The highest BCUT2D eigenvalue weighted by molar-refractivity contribution is 5.75. The molecule has 0 bridgehead atoms. The molecule has 0 spiro atoms. The van der Waals surface area contributed by atoms with E-state index in [1.54, 1.807) is 11.9 Å². The summed E-state index contributed by atoms with van der Waals surface area (Å²) in [4.78, 5) is 28.5. The topological polar surface area (TPSA) is 97.1 Å². The maximum absolute atomic E-state index is 12.4. The van der Waals surface area contributed by atoms with Gasteiger partial charge in [-0.3, -0.25) is 4.79 Å². The number of carboxylic acid groups (broad SMARTS) is 1. The first-order valence-electron chi connectivity index (χ1n) is 13.7. The number of aromatic nitrogens is 2. The van der Waals surface area contributed by atoms with Crippen LogP contribution in [0.2, 0.25) is 0 Å². The number of likely N-dealkylation sites (N-methyl/N-ethyl adjacent to an activating group) is 2. The van der Waals surface area contributed by atoms with E-state index in [-0.39, 0.29) is 23.7 Å². The minimum Gasteiger partial charge on any atom is -0.481 e. The van der Waals surface area contributed by atoms with Crippen molar-refractivity contribution in [3.63, 3.8) is 0 Å². The molecule has 9 nitrogen and oxygen atoms in total. The molecule has 37 heavy (non-hydrogen) atoms. The van der Waals surface area contributed by atoms with Crippen molar-refractivity contribution in [2.24, 2.45) is 10.8 Å². The van der Waals surface area contributed by atoms with Crippen LogP contribution in [0.3, 0.4) is 0 Å². The molecule has 3 rings (SSSR count). The predicted octanol–water partition coefficient (Wildman–Crippen LogP) is 5.27. The Morgan fingerprint density at radius 2 is 1.89 bits per heavy atom. The molecular formula is C28H48N4O5. The maximum Gasteiger partial charge on any atom is 0.410 e. The zero-order chi connectivity index (χ0) is 27.6. The molecule has 2 fully saturated rings. The van der Waals surface area contributed by atoms with Gasteiger partial charge in [-0.1, -0.05) is 13.8 Å². The van der Waals surface area contributed by atoms with E-state index in [1.807, 2.05) is 39.4 Å². The summed E-state index contributed by atoms with van der Waals surface area (Å²) in [6.45, 7) is 14.2. The van der Waals surface area contributed by atoms with Crippen LogP contribution in [0.15, 0.2) is 6.20 Å². The van der Waals surface area contributed by atoms with Crippen molar-refractivity contribution >= 4 is 12.1 Å². The molecule has 1 saturated heterocycles. The molecule has 1 amide bonds. The maximum atomic E-state index is 12.4. The fourth-order valence-corrected chi connectivity index (χ4v) is 5.40. The third kappa shape index (κ3) is 7.05.